The number of carbonyl (C=O) groups excluding carboxylic acids is 3. The second-order valence-electron chi connectivity index (χ2n) is 5.57. The molecule has 0 unspecified atom stereocenters. The molecule has 1 aliphatic heterocycles. The van der Waals surface area contributed by atoms with Crippen LogP contribution >= 0.6 is 15.9 Å². The van der Waals surface area contributed by atoms with Crippen molar-refractivity contribution in [1.29, 1.82) is 0 Å². The lowest BCUT2D eigenvalue weighted by molar-refractivity contribution is -0.143. The fourth-order valence-electron chi connectivity index (χ4n) is 2.43. The second kappa shape index (κ2) is 9.40. The van der Waals surface area contributed by atoms with Crippen molar-refractivity contribution in [1.82, 2.24) is 10.2 Å². The Bertz CT molecular complexity index is 777. The Labute approximate surface area is 165 Å². The number of imide groups is 1. The first kappa shape index (κ1) is 20.8. The lowest BCUT2D eigenvalue weighted by Gasteiger charge is -2.14. The number of carbonyl (C=O) groups is 3. The lowest BCUT2D eigenvalue weighted by atomic mass is 10.1. The number of amides is 3. The van der Waals surface area contributed by atoms with E-state index in [1.165, 1.54) is 7.11 Å². The molecule has 0 aliphatic carbocycles. The minimum absolute atomic E-state index is 0.186. The maximum Gasteiger partial charge on any atom is 0.343 e. The van der Waals surface area contributed by atoms with Gasteiger partial charge in [0.25, 0.3) is 5.91 Å². The number of hydrogen-bond donors (Lipinski definition) is 1. The van der Waals surface area contributed by atoms with Gasteiger partial charge in [-0.1, -0.05) is 6.92 Å². The number of nitrogens with one attached hydrogen (secondary N) is 1. The van der Waals surface area contributed by atoms with E-state index in [0.717, 1.165) is 4.90 Å². The van der Waals surface area contributed by atoms with Gasteiger partial charge in [0, 0.05) is 6.54 Å². The number of urea groups is 1. The van der Waals surface area contributed by atoms with Gasteiger partial charge in [0.05, 0.1) is 18.2 Å². The van der Waals surface area contributed by atoms with Crippen LogP contribution in [0.2, 0.25) is 0 Å². The summed E-state index contributed by atoms with van der Waals surface area (Å²) in [6.07, 6.45) is 2.24. The summed E-state index contributed by atoms with van der Waals surface area (Å²) in [5.74, 6) is -0.156. The fourth-order valence-corrected chi connectivity index (χ4v) is 3.00. The van der Waals surface area contributed by atoms with Crippen LogP contribution < -0.4 is 14.8 Å². The molecule has 3 amide bonds. The first-order chi connectivity index (χ1) is 12.9. The monoisotopic (exact) mass is 440 g/mol. The van der Waals surface area contributed by atoms with Gasteiger partial charge in [-0.15, -0.1) is 0 Å². The number of ether oxygens (including phenoxy) is 3. The highest BCUT2D eigenvalue weighted by atomic mass is 79.9. The molecular weight excluding hydrogens is 420 g/mol. The third-order valence-corrected chi connectivity index (χ3v) is 4.20. The maximum atomic E-state index is 12.3. The molecule has 146 valence electrons. The Morgan fingerprint density at radius 3 is 2.63 bits per heavy atom. The maximum absolute atomic E-state index is 12.3. The Balaban J connectivity index is 2.31. The largest absolute Gasteiger partial charge is 0.490 e. The van der Waals surface area contributed by atoms with Gasteiger partial charge in [0.15, 0.2) is 18.1 Å². The minimum atomic E-state index is -0.522. The average molecular weight is 441 g/mol. The molecule has 9 heteroatoms. The zero-order valence-corrected chi connectivity index (χ0v) is 16.9. The molecule has 0 radical (unpaired) electrons. The third kappa shape index (κ3) is 5.00. The van der Waals surface area contributed by atoms with Crippen molar-refractivity contribution >= 4 is 39.9 Å². The topological polar surface area (TPSA) is 94.2 Å². The van der Waals surface area contributed by atoms with Crippen LogP contribution in [0.5, 0.6) is 11.5 Å². The van der Waals surface area contributed by atoms with Crippen LogP contribution in [0.1, 0.15) is 25.8 Å². The highest BCUT2D eigenvalue weighted by Gasteiger charge is 2.32. The molecular formula is C18H21BrN2O6. The molecule has 1 aliphatic rings. The average Bonchev–Trinajstić information content (AvgIpc) is 2.89. The Kier molecular flexibility index (Phi) is 7.23. The molecule has 1 N–H and O–H groups in total. The van der Waals surface area contributed by atoms with Crippen molar-refractivity contribution in [3.05, 3.63) is 27.9 Å². The van der Waals surface area contributed by atoms with Gasteiger partial charge in [-0.05, 0) is 53.0 Å². The minimum Gasteiger partial charge on any atom is -0.490 e. The number of esters is 1. The number of hydrogen-bond acceptors (Lipinski definition) is 6. The van der Waals surface area contributed by atoms with E-state index in [-0.39, 0.29) is 18.2 Å². The molecule has 1 fully saturated rings. The normalized spacial score (nSPS) is 15.1. The molecule has 0 aromatic heterocycles. The van der Waals surface area contributed by atoms with Crippen LogP contribution in [0.3, 0.4) is 0 Å². The van der Waals surface area contributed by atoms with Gasteiger partial charge < -0.3 is 19.5 Å². The van der Waals surface area contributed by atoms with Crippen LogP contribution in [0, 0.1) is 0 Å². The van der Waals surface area contributed by atoms with E-state index in [9.17, 15) is 14.4 Å². The van der Waals surface area contributed by atoms with E-state index >= 15 is 0 Å². The van der Waals surface area contributed by atoms with Crippen LogP contribution in [-0.4, -0.2) is 49.7 Å². The Morgan fingerprint density at radius 2 is 2.00 bits per heavy atom. The summed E-state index contributed by atoms with van der Waals surface area (Å²) in [5.41, 5.74) is 0.809. The quantitative estimate of drug-likeness (QED) is 0.379. The second-order valence-corrected chi connectivity index (χ2v) is 6.43. The summed E-state index contributed by atoms with van der Waals surface area (Å²) in [5, 5.41) is 2.57. The SMILES string of the molecule is CCCN1C(=O)N/C(=C/c2cc(Br)c(OCC(=O)OC)c(OCC)c2)C1=O. The smallest absolute Gasteiger partial charge is 0.343 e. The number of benzene rings is 1. The molecule has 8 nitrogen and oxygen atoms in total. The van der Waals surface area contributed by atoms with Crippen LogP contribution in [-0.2, 0) is 14.3 Å². The van der Waals surface area contributed by atoms with Crippen molar-refractivity contribution in [2.24, 2.45) is 0 Å². The van der Waals surface area contributed by atoms with E-state index in [1.807, 2.05) is 13.8 Å². The number of rotatable bonds is 8. The standard InChI is InChI=1S/C18H21BrN2O6/c1-4-6-21-17(23)13(20-18(21)24)8-11-7-12(19)16(14(9-11)26-5-2)27-10-15(22)25-3/h7-9H,4-6,10H2,1-3H3,(H,20,24)/b13-8+. The zero-order valence-electron chi connectivity index (χ0n) is 15.3. The summed E-state index contributed by atoms with van der Waals surface area (Å²) >= 11 is 3.38. The number of halogens is 1. The molecule has 0 atom stereocenters. The van der Waals surface area contributed by atoms with Gasteiger partial charge >= 0.3 is 12.0 Å². The van der Waals surface area contributed by atoms with Gasteiger partial charge in [0.2, 0.25) is 0 Å². The zero-order chi connectivity index (χ0) is 20.0. The van der Waals surface area contributed by atoms with E-state index in [2.05, 4.69) is 26.0 Å². The highest BCUT2D eigenvalue weighted by molar-refractivity contribution is 9.10. The summed E-state index contributed by atoms with van der Waals surface area (Å²) in [6.45, 7) is 4.17. The summed E-state index contributed by atoms with van der Waals surface area (Å²) < 4.78 is 16.1. The predicted octanol–water partition coefficient (Wildman–Crippen LogP) is 2.70. The molecule has 1 aromatic carbocycles. The van der Waals surface area contributed by atoms with E-state index < -0.39 is 12.0 Å². The predicted molar refractivity (Wildman–Crippen MR) is 101 cm³/mol. The summed E-state index contributed by atoms with van der Waals surface area (Å²) in [4.78, 5) is 36.7. The Hall–Kier alpha value is -2.55. The van der Waals surface area contributed by atoms with Crippen molar-refractivity contribution in [2.45, 2.75) is 20.3 Å². The molecule has 1 aromatic rings. The number of nitrogens with zero attached hydrogens (tertiary/aromatic N) is 1. The van der Waals surface area contributed by atoms with Crippen LogP contribution in [0.4, 0.5) is 4.79 Å². The van der Waals surface area contributed by atoms with E-state index in [4.69, 9.17) is 9.47 Å². The molecule has 1 heterocycles. The first-order valence-corrected chi connectivity index (χ1v) is 9.21. The van der Waals surface area contributed by atoms with Gasteiger partial charge in [-0.25, -0.2) is 9.59 Å². The molecule has 0 spiro atoms. The molecule has 1 saturated heterocycles. The van der Waals surface area contributed by atoms with E-state index in [1.54, 1.807) is 18.2 Å². The van der Waals surface area contributed by atoms with Crippen LogP contribution in [0.25, 0.3) is 6.08 Å². The van der Waals surface area contributed by atoms with Crippen molar-refractivity contribution in [2.75, 3.05) is 26.9 Å². The molecule has 2 rings (SSSR count). The van der Waals surface area contributed by atoms with Crippen LogP contribution in [0.15, 0.2) is 22.3 Å². The van der Waals surface area contributed by atoms with Crippen molar-refractivity contribution in [3.63, 3.8) is 0 Å². The summed E-state index contributed by atoms with van der Waals surface area (Å²) in [7, 11) is 1.27. The van der Waals surface area contributed by atoms with Gasteiger partial charge in [0.1, 0.15) is 5.70 Å². The highest BCUT2D eigenvalue weighted by Crippen LogP contribution is 2.37. The van der Waals surface area contributed by atoms with Gasteiger partial charge in [-0.2, -0.15) is 0 Å². The fraction of sp³-hybridized carbons (Fsp3) is 0.389. The first-order valence-electron chi connectivity index (χ1n) is 8.41. The van der Waals surface area contributed by atoms with E-state index in [0.29, 0.717) is 41.1 Å². The third-order valence-electron chi connectivity index (χ3n) is 3.61. The summed E-state index contributed by atoms with van der Waals surface area (Å²) in [6, 6.07) is 2.93. The lowest BCUT2D eigenvalue weighted by Crippen LogP contribution is -2.31. The molecule has 0 bridgehead atoms. The molecule has 0 saturated carbocycles. The van der Waals surface area contributed by atoms with Gasteiger partial charge in [-0.3, -0.25) is 9.69 Å². The van der Waals surface area contributed by atoms with Crippen molar-refractivity contribution < 1.29 is 28.6 Å². The molecule has 27 heavy (non-hydrogen) atoms. The van der Waals surface area contributed by atoms with Crippen molar-refractivity contribution in [3.8, 4) is 11.5 Å². The number of methoxy groups -OCH3 is 1. The Morgan fingerprint density at radius 1 is 1.26 bits per heavy atom.